The molecular formula is C9H18N4OS. The number of hydrogen-bond acceptors (Lipinski definition) is 3. The number of carbonyl (C=O) groups is 1. The van der Waals surface area contributed by atoms with Gasteiger partial charge in [0.05, 0.1) is 6.54 Å². The zero-order chi connectivity index (χ0) is 11.1. The molecule has 0 bridgehead atoms. The zero-order valence-electron chi connectivity index (χ0n) is 8.95. The number of hydrogen-bond donors (Lipinski definition) is 3. The van der Waals surface area contributed by atoms with Crippen molar-refractivity contribution in [1.29, 1.82) is 0 Å². The van der Waals surface area contributed by atoms with Crippen LogP contribution in [0.5, 0.6) is 0 Å². The monoisotopic (exact) mass is 230 g/mol. The van der Waals surface area contributed by atoms with E-state index < -0.39 is 6.03 Å². The Kier molecular flexibility index (Phi) is 5.31. The second-order valence-corrected chi connectivity index (χ2v) is 4.45. The summed E-state index contributed by atoms with van der Waals surface area (Å²) in [6, 6.07) is 0.0555. The van der Waals surface area contributed by atoms with E-state index in [-0.39, 0.29) is 0 Å². The Morgan fingerprint density at radius 3 is 3.27 bits per heavy atom. The van der Waals surface area contributed by atoms with E-state index in [9.17, 15) is 4.79 Å². The smallest absolute Gasteiger partial charge is 0.312 e. The molecule has 1 rings (SSSR count). The Morgan fingerprint density at radius 2 is 2.60 bits per heavy atom. The molecule has 0 aromatic carbocycles. The van der Waals surface area contributed by atoms with E-state index in [2.05, 4.69) is 22.5 Å². The second-order valence-electron chi connectivity index (χ2n) is 3.36. The molecular weight excluding hydrogens is 212 g/mol. The maximum atomic E-state index is 10.4. The van der Waals surface area contributed by atoms with Crippen LogP contribution in [0.25, 0.3) is 0 Å². The van der Waals surface area contributed by atoms with Gasteiger partial charge in [-0.1, -0.05) is 18.7 Å². The number of nitrogens with two attached hydrogens (primary N) is 1. The van der Waals surface area contributed by atoms with Gasteiger partial charge in [-0.2, -0.15) is 0 Å². The number of thioether (sulfide) groups is 1. The number of carbonyl (C=O) groups excluding carboxylic acids is 1. The molecule has 15 heavy (non-hydrogen) atoms. The molecule has 0 saturated carbocycles. The van der Waals surface area contributed by atoms with Crippen molar-refractivity contribution in [2.75, 3.05) is 18.8 Å². The Bertz CT molecular complexity index is 244. The molecule has 1 heterocycles. The molecule has 0 aliphatic carbocycles. The zero-order valence-corrected chi connectivity index (χ0v) is 9.77. The van der Waals surface area contributed by atoms with Crippen molar-refractivity contribution in [3.05, 3.63) is 0 Å². The van der Waals surface area contributed by atoms with Gasteiger partial charge in [-0.25, -0.2) is 4.79 Å². The van der Waals surface area contributed by atoms with Crippen molar-refractivity contribution in [2.24, 2.45) is 10.7 Å². The van der Waals surface area contributed by atoms with Crippen LogP contribution in [0, 0.1) is 0 Å². The van der Waals surface area contributed by atoms with Crippen molar-refractivity contribution in [3.8, 4) is 0 Å². The highest BCUT2D eigenvalue weighted by atomic mass is 32.2. The molecule has 2 amide bonds. The average molecular weight is 230 g/mol. The molecule has 86 valence electrons. The molecule has 1 fully saturated rings. The van der Waals surface area contributed by atoms with Crippen molar-refractivity contribution in [1.82, 2.24) is 10.6 Å². The van der Waals surface area contributed by atoms with Crippen LogP contribution in [0.3, 0.4) is 0 Å². The number of urea groups is 1. The fourth-order valence-corrected chi connectivity index (χ4v) is 2.35. The van der Waals surface area contributed by atoms with Crippen LogP contribution in [0.15, 0.2) is 4.99 Å². The van der Waals surface area contributed by atoms with Gasteiger partial charge >= 0.3 is 6.03 Å². The highest BCUT2D eigenvalue weighted by Crippen LogP contribution is 2.15. The largest absolute Gasteiger partial charge is 0.362 e. The number of nitrogens with zero attached hydrogens (tertiary/aromatic N) is 1. The molecule has 1 saturated heterocycles. The normalized spacial score (nSPS) is 23.5. The summed E-state index contributed by atoms with van der Waals surface area (Å²) < 4.78 is 0. The van der Waals surface area contributed by atoms with Gasteiger partial charge in [0.25, 0.3) is 0 Å². The Balaban J connectivity index is 2.23. The lowest BCUT2D eigenvalue weighted by Crippen LogP contribution is -2.38. The van der Waals surface area contributed by atoms with Crippen molar-refractivity contribution in [2.45, 2.75) is 25.8 Å². The summed E-state index contributed by atoms with van der Waals surface area (Å²) >= 11 is 1.74. The minimum Gasteiger partial charge on any atom is -0.362 e. The molecule has 0 aromatic rings. The Hall–Kier alpha value is -0.910. The quantitative estimate of drug-likeness (QED) is 0.616. The number of amides is 2. The van der Waals surface area contributed by atoms with E-state index >= 15 is 0 Å². The van der Waals surface area contributed by atoms with Gasteiger partial charge in [-0.15, -0.1) is 0 Å². The highest BCUT2D eigenvalue weighted by Gasteiger charge is 2.14. The molecule has 0 aromatic heterocycles. The molecule has 1 atom stereocenters. The van der Waals surface area contributed by atoms with Gasteiger partial charge in [0.2, 0.25) is 0 Å². The van der Waals surface area contributed by atoms with E-state index in [1.807, 2.05) is 0 Å². The number of rotatable bonds is 4. The van der Waals surface area contributed by atoms with Gasteiger partial charge in [-0.05, 0) is 12.8 Å². The molecule has 6 heteroatoms. The van der Waals surface area contributed by atoms with Crippen molar-refractivity contribution < 1.29 is 4.79 Å². The van der Waals surface area contributed by atoms with Crippen LogP contribution in [0.2, 0.25) is 0 Å². The summed E-state index contributed by atoms with van der Waals surface area (Å²) in [5, 5.41) is 6.85. The van der Waals surface area contributed by atoms with Crippen molar-refractivity contribution in [3.63, 3.8) is 0 Å². The molecule has 0 radical (unpaired) electrons. The van der Waals surface area contributed by atoms with Gasteiger partial charge < -0.3 is 16.4 Å². The first-order chi connectivity index (χ1) is 7.22. The van der Waals surface area contributed by atoms with Crippen LogP contribution in [-0.4, -0.2) is 36.1 Å². The number of amidine groups is 1. The fraction of sp³-hybridized carbons (Fsp3) is 0.778. The van der Waals surface area contributed by atoms with Crippen LogP contribution in [-0.2, 0) is 0 Å². The second kappa shape index (κ2) is 6.55. The Morgan fingerprint density at radius 1 is 1.80 bits per heavy atom. The van der Waals surface area contributed by atoms with E-state index in [0.29, 0.717) is 19.1 Å². The Labute approximate surface area is 94.3 Å². The molecule has 1 aliphatic heterocycles. The lowest BCUT2D eigenvalue weighted by Gasteiger charge is -2.24. The van der Waals surface area contributed by atoms with Crippen LogP contribution in [0.1, 0.15) is 19.8 Å². The summed E-state index contributed by atoms with van der Waals surface area (Å²) in [6.45, 7) is 3.24. The van der Waals surface area contributed by atoms with E-state index in [0.717, 1.165) is 17.3 Å². The fourth-order valence-electron chi connectivity index (χ4n) is 1.32. The SMILES string of the molecule is CCC1CCSC(=NCCNC(N)=O)N1. The third-order valence-electron chi connectivity index (χ3n) is 2.19. The van der Waals surface area contributed by atoms with Gasteiger partial charge in [0.15, 0.2) is 5.17 Å². The average Bonchev–Trinajstić information content (AvgIpc) is 2.24. The first-order valence-corrected chi connectivity index (χ1v) is 6.18. The lowest BCUT2D eigenvalue weighted by molar-refractivity contribution is 0.249. The van der Waals surface area contributed by atoms with Crippen LogP contribution in [0.4, 0.5) is 4.79 Å². The standard InChI is InChI=1S/C9H18N4OS/c1-2-7-3-6-15-9(13-7)12-5-4-11-8(10)14/h7H,2-6H2,1H3,(H,12,13)(H3,10,11,14). The van der Waals surface area contributed by atoms with Gasteiger partial charge in [0, 0.05) is 18.3 Å². The third kappa shape index (κ3) is 4.92. The predicted octanol–water partition coefficient (Wildman–Crippen LogP) is 0.516. The minimum atomic E-state index is -0.495. The summed E-state index contributed by atoms with van der Waals surface area (Å²) in [5.74, 6) is 1.12. The first-order valence-electron chi connectivity index (χ1n) is 5.19. The summed E-state index contributed by atoms with van der Waals surface area (Å²) in [7, 11) is 0. The topological polar surface area (TPSA) is 79.5 Å². The highest BCUT2D eigenvalue weighted by molar-refractivity contribution is 8.13. The minimum absolute atomic E-state index is 0.495. The lowest BCUT2D eigenvalue weighted by atomic mass is 10.2. The summed E-state index contributed by atoms with van der Waals surface area (Å²) in [4.78, 5) is 14.7. The van der Waals surface area contributed by atoms with Crippen LogP contribution < -0.4 is 16.4 Å². The number of primary amides is 1. The van der Waals surface area contributed by atoms with E-state index in [1.165, 1.54) is 6.42 Å². The molecule has 1 aliphatic rings. The number of aliphatic imine (C=N–C) groups is 1. The molecule has 5 nitrogen and oxygen atoms in total. The van der Waals surface area contributed by atoms with E-state index in [4.69, 9.17) is 5.73 Å². The molecule has 4 N–H and O–H groups in total. The summed E-state index contributed by atoms with van der Waals surface area (Å²) in [6.07, 6.45) is 2.32. The molecule has 0 spiro atoms. The van der Waals surface area contributed by atoms with Crippen LogP contribution >= 0.6 is 11.8 Å². The predicted molar refractivity (Wildman–Crippen MR) is 64.2 cm³/mol. The first kappa shape index (κ1) is 12.2. The summed E-state index contributed by atoms with van der Waals surface area (Å²) in [5.41, 5.74) is 4.94. The van der Waals surface area contributed by atoms with Crippen molar-refractivity contribution >= 4 is 23.0 Å². The molecule has 1 unspecified atom stereocenters. The maximum absolute atomic E-state index is 10.4. The number of nitrogens with one attached hydrogen (secondary N) is 2. The third-order valence-corrected chi connectivity index (χ3v) is 3.15. The maximum Gasteiger partial charge on any atom is 0.312 e. The van der Waals surface area contributed by atoms with Gasteiger partial charge in [-0.3, -0.25) is 4.99 Å². The van der Waals surface area contributed by atoms with Gasteiger partial charge in [0.1, 0.15) is 0 Å². The van der Waals surface area contributed by atoms with E-state index in [1.54, 1.807) is 11.8 Å².